The minimum absolute atomic E-state index is 0.0699. The SMILES string of the molecule is CC(=O)OCC(C)(F)F.CC(F)(F)COC(=O)C(C)(C)C.CC(F)(F)COC(=O)C12CC3CC(C1)C1(OCCCO1)C(C3)C2.CC(F)(F)COC(=O)C12CC3CC(C1)C1(OCCO1)C(C3)C2.CC(F)(F)COC(=O)COC(=O)C12CC3CC(C1)C(=O)C(C3)C2.CC(F)(F)COC(=O)COC(=O)C12CC3CC(CC(O)(C3)C1)C2.CC(F)(F)COC(=O)COC12CC3CC(C1)C1(OCCC(F)(F)C(F)(F)CO1)C(C3)C2. The van der Waals surface area contributed by atoms with Gasteiger partial charge in [-0.05, 0) is 230 Å². The molecule has 3 saturated heterocycles. The zero-order chi connectivity index (χ0) is 106. The van der Waals surface area contributed by atoms with Crippen molar-refractivity contribution in [3.8, 4) is 0 Å². The minimum Gasteiger partial charge on any atom is -0.459 e. The molecule has 143 heavy (non-hydrogen) atoms. The highest BCUT2D eigenvalue weighted by molar-refractivity contribution is 5.90. The van der Waals surface area contributed by atoms with Crippen LogP contribution in [0.4, 0.5) is 79.0 Å². The van der Waals surface area contributed by atoms with Crippen molar-refractivity contribution in [3.05, 3.63) is 0 Å². The van der Waals surface area contributed by atoms with E-state index >= 15 is 0 Å². The Bertz CT molecular complexity index is 4410. The van der Waals surface area contributed by atoms with Crippen molar-refractivity contribution < 1.29 is 208 Å². The molecule has 0 aromatic rings. The number of Topliss-reactive ketones (excluding diaryl/α,β-unsaturated/α-hetero) is 1. The number of ketones is 1. The van der Waals surface area contributed by atoms with Crippen LogP contribution in [0.2, 0.25) is 0 Å². The molecule has 45 heteroatoms. The van der Waals surface area contributed by atoms with Gasteiger partial charge in [-0.2, -0.15) is 17.6 Å². The summed E-state index contributed by atoms with van der Waals surface area (Å²) in [6.07, 6.45) is 18.1. The molecule has 10 unspecified atom stereocenters. The average Bonchev–Trinajstić information content (AvgIpc) is 1.30. The Morgan fingerprint density at radius 2 is 0.643 bits per heavy atom. The molecule has 23 fully saturated rings. The summed E-state index contributed by atoms with van der Waals surface area (Å²) >= 11 is 0. The number of alkyl halides is 18. The van der Waals surface area contributed by atoms with Gasteiger partial charge in [-0.1, -0.05) is 0 Å². The highest BCUT2D eigenvalue weighted by Crippen LogP contribution is 2.70. The maximum Gasteiger partial charge on any atom is 0.344 e. The van der Waals surface area contributed by atoms with Crippen LogP contribution in [0.5, 0.6) is 0 Å². The standard InChI is InChI=1S/C20H26F6O5.C17H24F2O4.C16H22F2O5.C16H20F2O5.C16H22F2O4.C8H14F2O2.C5H8F2O2/c1-16(21,22)10-28-15(27)9-30-17-6-12-4-13(7-17)20(14(5-12)8-17)29-3-2-18(23,24)19(25,26)11-31-20;1-15(18,19)10-21-14(20)16-7-11-5-12(8-16)17(13(6-11)9-16)22-3-2-4-23-17;1-14(17,18)9-23-12(19)7-22-13(20)15-3-10-2-11(4-15)6-16(21,5-10)8-15;1-15(17,18)8-23-12(19)7-22-14(21)16-4-9-2-10(5-16)13(20)11(3-9)6-16;1-14(17,18)9-20-13(19)15-6-10-4-11(7-15)16(12(5-10)8-15)21-2-3-22-16;1-7(2,3)6(11)12-5-8(4,9)10;1-4(8)9-3-5(2,6)7/h12-14H,2-11H2,1H3;11-13H,2-10H2,1H3;10-11,21H,2-9H2,1H3;9-11H,2-8H2,1H3;10-12H,2-9H2,1H3;5H2,1-4H3;3H2,1-2H3. The molecule has 3 heterocycles. The van der Waals surface area contributed by atoms with Crippen LogP contribution in [0.1, 0.15) is 256 Å². The van der Waals surface area contributed by atoms with Gasteiger partial charge in [0.05, 0.1) is 71.3 Å². The highest BCUT2D eigenvalue weighted by Gasteiger charge is 2.72. The lowest BCUT2D eigenvalue weighted by Crippen LogP contribution is -2.68. The number of rotatable bonds is 25. The third-order valence-corrected chi connectivity index (χ3v) is 31.2. The van der Waals surface area contributed by atoms with E-state index in [1.54, 1.807) is 20.8 Å². The highest BCUT2D eigenvalue weighted by atomic mass is 19.3. The van der Waals surface area contributed by atoms with E-state index in [1.807, 2.05) is 0 Å². The molecule has 0 aromatic heterocycles. The first-order valence-electron chi connectivity index (χ1n) is 49.3. The summed E-state index contributed by atoms with van der Waals surface area (Å²) in [6, 6.07) is 0. The van der Waals surface area contributed by atoms with Crippen LogP contribution in [-0.2, 0) is 124 Å². The molecule has 3 spiro atoms. The predicted octanol–water partition coefficient (Wildman–Crippen LogP) is 17.7. The molecule has 0 radical (unpaired) electrons. The molecule has 20 aliphatic carbocycles. The van der Waals surface area contributed by atoms with Crippen molar-refractivity contribution in [1.29, 1.82) is 0 Å². The third-order valence-electron chi connectivity index (χ3n) is 31.2. The zero-order valence-corrected chi connectivity index (χ0v) is 82.6. The average molecular weight is 2090 g/mol. The third kappa shape index (κ3) is 28.5. The number of hydrogen-bond donors (Lipinski definition) is 1. The number of aliphatic hydroxyl groups is 1. The topological polar surface area (TPSA) is 339 Å². The largest absolute Gasteiger partial charge is 0.459 e. The van der Waals surface area contributed by atoms with Crippen molar-refractivity contribution in [2.24, 2.45) is 110 Å². The molecule has 23 aliphatic rings. The van der Waals surface area contributed by atoms with E-state index in [0.29, 0.717) is 187 Å². The van der Waals surface area contributed by atoms with Gasteiger partial charge in [-0.15, -0.1) is 0 Å². The Morgan fingerprint density at radius 1 is 0.329 bits per heavy atom. The van der Waals surface area contributed by atoms with Crippen molar-refractivity contribution >= 4 is 59.5 Å². The molecule has 23 rings (SSSR count). The van der Waals surface area contributed by atoms with Gasteiger partial charge >= 0.3 is 65.6 Å². The predicted molar refractivity (Wildman–Crippen MR) is 458 cm³/mol. The number of carbonyl (C=O) groups excluding carboxylic acids is 10. The Labute approximate surface area is 817 Å². The van der Waals surface area contributed by atoms with E-state index in [4.69, 9.17) is 52.1 Å². The summed E-state index contributed by atoms with van der Waals surface area (Å²) in [5.41, 5.74) is -4.86. The van der Waals surface area contributed by atoms with Crippen LogP contribution in [0, 0.1) is 110 Å². The second-order valence-electron chi connectivity index (χ2n) is 46.1. The van der Waals surface area contributed by atoms with Gasteiger partial charge < -0.3 is 80.9 Å². The maximum atomic E-state index is 14.0. The number of hydrogen-bond acceptors (Lipinski definition) is 27. The van der Waals surface area contributed by atoms with Crippen LogP contribution in [0.15, 0.2) is 0 Å². The van der Waals surface area contributed by atoms with E-state index in [2.05, 4.69) is 23.7 Å². The smallest absolute Gasteiger partial charge is 0.344 e. The Balaban J connectivity index is 0.000000152. The molecule has 20 saturated carbocycles. The van der Waals surface area contributed by atoms with Crippen molar-refractivity contribution in [3.63, 3.8) is 0 Å². The molecule has 20 bridgehead atoms. The molecule has 10 atom stereocenters. The lowest BCUT2D eigenvalue weighted by molar-refractivity contribution is -0.392. The van der Waals surface area contributed by atoms with Gasteiger partial charge in [0, 0.05) is 109 Å². The zero-order valence-electron chi connectivity index (χ0n) is 82.6. The van der Waals surface area contributed by atoms with Gasteiger partial charge in [0.25, 0.3) is 41.5 Å². The Kier molecular flexibility index (Phi) is 34.3. The van der Waals surface area contributed by atoms with E-state index < -0.39 is 248 Å². The number of esters is 9. The Morgan fingerprint density at radius 3 is 1.02 bits per heavy atom. The first-order valence-corrected chi connectivity index (χ1v) is 49.3. The van der Waals surface area contributed by atoms with Gasteiger partial charge in [-0.3, -0.25) is 33.6 Å². The number of halogens is 18. The first-order chi connectivity index (χ1) is 65.7. The van der Waals surface area contributed by atoms with Crippen LogP contribution in [0.25, 0.3) is 0 Å². The van der Waals surface area contributed by atoms with Crippen molar-refractivity contribution in [2.75, 3.05) is 106 Å². The maximum absolute atomic E-state index is 14.0. The molecule has 816 valence electrons. The normalized spacial score (nSPS) is 35.6. The number of ether oxygens (including phenoxy) is 16. The summed E-state index contributed by atoms with van der Waals surface area (Å²) in [4.78, 5) is 118. The molecular formula is C98H136F18O27. The molecule has 1 N–H and O–H groups in total. The van der Waals surface area contributed by atoms with Gasteiger partial charge in [0.2, 0.25) is 0 Å². The fraction of sp³-hybridized carbons (Fsp3) is 0.898. The summed E-state index contributed by atoms with van der Waals surface area (Å²) in [5, 5.41) is 10.6. The van der Waals surface area contributed by atoms with Crippen LogP contribution in [0.3, 0.4) is 0 Å². The van der Waals surface area contributed by atoms with Crippen LogP contribution < -0.4 is 0 Å². The lowest BCUT2D eigenvalue weighted by Gasteiger charge is -2.64. The van der Waals surface area contributed by atoms with Crippen molar-refractivity contribution in [1.82, 2.24) is 0 Å². The second-order valence-corrected chi connectivity index (χ2v) is 46.1. The summed E-state index contributed by atoms with van der Waals surface area (Å²) in [6.45, 7) is 3.19. The summed E-state index contributed by atoms with van der Waals surface area (Å²) in [7, 11) is 0. The molecule has 0 amide bonds. The van der Waals surface area contributed by atoms with Gasteiger partial charge in [0.15, 0.2) is 76.8 Å². The quantitative estimate of drug-likeness (QED) is 0.0504. The minimum atomic E-state index is -4.29. The number of carbonyl (C=O) groups is 10. The van der Waals surface area contributed by atoms with Crippen LogP contribution >= 0.6 is 0 Å². The Hall–Kier alpha value is -6.68. The fourth-order valence-corrected chi connectivity index (χ4v) is 27.0. The first kappa shape index (κ1) is 115. The van der Waals surface area contributed by atoms with E-state index in [0.717, 1.165) is 97.8 Å². The van der Waals surface area contributed by atoms with Gasteiger partial charge in [-0.25, -0.2) is 75.8 Å². The van der Waals surface area contributed by atoms with E-state index in [9.17, 15) is 132 Å². The summed E-state index contributed by atoms with van der Waals surface area (Å²) in [5.74, 6) is -35.9. The molecule has 3 aliphatic heterocycles. The monoisotopic (exact) mass is 2090 g/mol. The molecule has 27 nitrogen and oxygen atoms in total. The lowest BCUT2D eigenvalue weighted by atomic mass is 9.47. The van der Waals surface area contributed by atoms with E-state index in [-0.39, 0.29) is 59.0 Å². The van der Waals surface area contributed by atoms with Crippen LogP contribution in [-0.4, -0.2) is 252 Å². The second kappa shape index (κ2) is 42.6. The van der Waals surface area contributed by atoms with Crippen molar-refractivity contribution in [2.45, 2.75) is 338 Å². The fourth-order valence-electron chi connectivity index (χ4n) is 27.0. The summed E-state index contributed by atoms with van der Waals surface area (Å²) < 4.78 is 314. The van der Waals surface area contributed by atoms with E-state index in [1.165, 1.54) is 0 Å². The molecular weight excluding hydrogens is 1950 g/mol. The molecule has 0 aromatic carbocycles. The van der Waals surface area contributed by atoms with Gasteiger partial charge in [0.1, 0.15) is 19.0 Å².